The molecule has 0 aliphatic carbocycles. The van der Waals surface area contributed by atoms with Gasteiger partial charge in [0.1, 0.15) is 0 Å². The largest absolute Gasteiger partial charge is 0.421 e. The van der Waals surface area contributed by atoms with Crippen LogP contribution >= 0.6 is 23.4 Å². The Balaban J connectivity index is 2.67. The van der Waals surface area contributed by atoms with Crippen LogP contribution in [0.1, 0.15) is 26.3 Å². The molecule has 1 heterocycles. The highest BCUT2D eigenvalue weighted by Gasteiger charge is 2.17. The number of benzene rings is 1. The molecule has 1 aromatic carbocycles. The number of aryl methyl sites for hydroxylation is 1. The van der Waals surface area contributed by atoms with Gasteiger partial charge in [-0.05, 0) is 24.6 Å². The molecule has 0 bridgehead atoms. The predicted octanol–water partition coefficient (Wildman–Crippen LogP) is 4.65. The van der Waals surface area contributed by atoms with E-state index in [-0.39, 0.29) is 10.4 Å². The van der Waals surface area contributed by atoms with Gasteiger partial charge in [0.15, 0.2) is 5.58 Å². The Kier molecular flexibility index (Phi) is 3.47. The molecular formula is C14H15ClO2S. The maximum Gasteiger partial charge on any atom is 0.336 e. The standard InChI is InChI=1S/C14H15ClO2S/c1-8-7-11(16)17-13-9(8)5-6-10(12(13)15)18-14(2,3)4/h5-7H,1-4H3. The lowest BCUT2D eigenvalue weighted by atomic mass is 10.1. The van der Waals surface area contributed by atoms with Crippen molar-refractivity contribution in [2.75, 3.05) is 0 Å². The van der Waals surface area contributed by atoms with Crippen LogP contribution in [0.5, 0.6) is 0 Å². The van der Waals surface area contributed by atoms with Crippen molar-refractivity contribution in [3.05, 3.63) is 39.2 Å². The van der Waals surface area contributed by atoms with E-state index in [0.29, 0.717) is 10.6 Å². The quantitative estimate of drug-likeness (QED) is 0.563. The first-order chi connectivity index (χ1) is 8.28. The summed E-state index contributed by atoms with van der Waals surface area (Å²) in [5.41, 5.74) is 1.01. The summed E-state index contributed by atoms with van der Waals surface area (Å²) in [4.78, 5) is 12.4. The Bertz CT molecular complexity index is 653. The summed E-state index contributed by atoms with van der Waals surface area (Å²) in [6, 6.07) is 5.41. The Morgan fingerprint density at radius 3 is 2.56 bits per heavy atom. The minimum Gasteiger partial charge on any atom is -0.421 e. The van der Waals surface area contributed by atoms with Crippen LogP contribution in [-0.4, -0.2) is 4.75 Å². The highest BCUT2D eigenvalue weighted by molar-refractivity contribution is 8.00. The lowest BCUT2D eigenvalue weighted by Crippen LogP contribution is -2.07. The van der Waals surface area contributed by atoms with Gasteiger partial charge in [-0.15, -0.1) is 11.8 Å². The van der Waals surface area contributed by atoms with Crippen molar-refractivity contribution in [3.8, 4) is 0 Å². The monoisotopic (exact) mass is 282 g/mol. The summed E-state index contributed by atoms with van der Waals surface area (Å²) >= 11 is 8.00. The van der Waals surface area contributed by atoms with Crippen molar-refractivity contribution in [3.63, 3.8) is 0 Å². The third kappa shape index (κ3) is 2.73. The zero-order chi connectivity index (χ0) is 13.5. The van der Waals surface area contributed by atoms with Crippen LogP contribution in [-0.2, 0) is 0 Å². The van der Waals surface area contributed by atoms with Crippen molar-refractivity contribution < 1.29 is 4.42 Å². The predicted molar refractivity (Wildman–Crippen MR) is 77.8 cm³/mol. The fourth-order valence-electron chi connectivity index (χ4n) is 1.74. The highest BCUT2D eigenvalue weighted by Crippen LogP contribution is 2.39. The fraction of sp³-hybridized carbons (Fsp3) is 0.357. The minimum atomic E-state index is -0.361. The Hall–Kier alpha value is -0.930. The molecule has 2 aromatic rings. The molecule has 0 radical (unpaired) electrons. The van der Waals surface area contributed by atoms with Crippen LogP contribution in [0, 0.1) is 6.92 Å². The van der Waals surface area contributed by atoms with Crippen LogP contribution in [0.15, 0.2) is 32.3 Å². The SMILES string of the molecule is Cc1cc(=O)oc2c(Cl)c(SC(C)(C)C)ccc12. The van der Waals surface area contributed by atoms with E-state index in [0.717, 1.165) is 15.8 Å². The number of hydrogen-bond acceptors (Lipinski definition) is 3. The lowest BCUT2D eigenvalue weighted by molar-refractivity contribution is 0.559. The van der Waals surface area contributed by atoms with E-state index in [2.05, 4.69) is 20.8 Å². The molecule has 0 spiro atoms. The third-order valence-corrected chi connectivity index (χ3v) is 4.10. The van der Waals surface area contributed by atoms with Crippen molar-refractivity contribution in [1.29, 1.82) is 0 Å². The van der Waals surface area contributed by atoms with Gasteiger partial charge in [-0.1, -0.05) is 32.4 Å². The molecule has 18 heavy (non-hydrogen) atoms. The summed E-state index contributed by atoms with van der Waals surface area (Å²) in [6.45, 7) is 8.23. The molecule has 0 aliphatic heterocycles. The van der Waals surface area contributed by atoms with Gasteiger partial charge in [-0.3, -0.25) is 0 Å². The summed E-state index contributed by atoms with van der Waals surface area (Å²) in [5, 5.41) is 1.41. The maximum atomic E-state index is 11.4. The number of halogens is 1. The molecule has 0 saturated carbocycles. The second-order valence-corrected chi connectivity index (χ2v) is 7.46. The number of thioether (sulfide) groups is 1. The normalized spacial score (nSPS) is 12.1. The molecule has 0 aliphatic rings. The first-order valence-electron chi connectivity index (χ1n) is 5.70. The number of hydrogen-bond donors (Lipinski definition) is 0. The van der Waals surface area contributed by atoms with Crippen LogP contribution in [0.2, 0.25) is 5.02 Å². The van der Waals surface area contributed by atoms with E-state index in [1.54, 1.807) is 11.8 Å². The second kappa shape index (κ2) is 4.63. The zero-order valence-corrected chi connectivity index (χ0v) is 12.4. The highest BCUT2D eigenvalue weighted by atomic mass is 35.5. The molecule has 2 rings (SSSR count). The molecular weight excluding hydrogens is 268 g/mol. The second-order valence-electron chi connectivity index (χ2n) is 5.22. The molecule has 0 atom stereocenters. The van der Waals surface area contributed by atoms with Crippen LogP contribution < -0.4 is 5.63 Å². The molecule has 2 nitrogen and oxygen atoms in total. The molecule has 4 heteroatoms. The van der Waals surface area contributed by atoms with E-state index in [1.165, 1.54) is 6.07 Å². The minimum absolute atomic E-state index is 0.0570. The van der Waals surface area contributed by atoms with Crippen molar-refractivity contribution >= 4 is 34.3 Å². The van der Waals surface area contributed by atoms with Gasteiger partial charge in [0.25, 0.3) is 0 Å². The molecule has 0 N–H and O–H groups in total. The number of rotatable bonds is 1. The van der Waals surface area contributed by atoms with Gasteiger partial charge in [0.05, 0.1) is 5.02 Å². The lowest BCUT2D eigenvalue weighted by Gasteiger charge is -2.18. The van der Waals surface area contributed by atoms with Crippen LogP contribution in [0.3, 0.4) is 0 Å². The van der Waals surface area contributed by atoms with E-state index in [4.69, 9.17) is 16.0 Å². The Morgan fingerprint density at radius 2 is 1.94 bits per heavy atom. The van der Waals surface area contributed by atoms with Crippen molar-refractivity contribution in [2.45, 2.75) is 37.3 Å². The van der Waals surface area contributed by atoms with Gasteiger partial charge in [-0.2, -0.15) is 0 Å². The Labute approximate surface area is 115 Å². The molecule has 1 aromatic heterocycles. The molecule has 0 unspecified atom stereocenters. The van der Waals surface area contributed by atoms with E-state index in [9.17, 15) is 4.79 Å². The summed E-state index contributed by atoms with van der Waals surface area (Å²) in [5.74, 6) is 0. The maximum absolute atomic E-state index is 11.4. The van der Waals surface area contributed by atoms with Gasteiger partial charge >= 0.3 is 5.63 Å². The molecule has 0 amide bonds. The van der Waals surface area contributed by atoms with Gasteiger partial charge in [-0.25, -0.2) is 4.79 Å². The molecule has 96 valence electrons. The van der Waals surface area contributed by atoms with Crippen LogP contribution in [0.25, 0.3) is 11.0 Å². The van der Waals surface area contributed by atoms with E-state index >= 15 is 0 Å². The first-order valence-corrected chi connectivity index (χ1v) is 6.89. The summed E-state index contributed by atoms with van der Waals surface area (Å²) in [7, 11) is 0. The summed E-state index contributed by atoms with van der Waals surface area (Å²) in [6.07, 6.45) is 0. The molecule has 0 fully saturated rings. The molecule has 0 saturated heterocycles. The van der Waals surface area contributed by atoms with E-state index < -0.39 is 0 Å². The first kappa shape index (κ1) is 13.5. The fourth-order valence-corrected chi connectivity index (χ4v) is 3.04. The van der Waals surface area contributed by atoms with Gasteiger partial charge in [0, 0.05) is 21.1 Å². The van der Waals surface area contributed by atoms with Gasteiger partial charge in [0.2, 0.25) is 0 Å². The average molecular weight is 283 g/mol. The Morgan fingerprint density at radius 1 is 1.28 bits per heavy atom. The van der Waals surface area contributed by atoms with Crippen LogP contribution in [0.4, 0.5) is 0 Å². The van der Waals surface area contributed by atoms with E-state index in [1.807, 2.05) is 19.1 Å². The topological polar surface area (TPSA) is 30.2 Å². The van der Waals surface area contributed by atoms with Crippen molar-refractivity contribution in [2.24, 2.45) is 0 Å². The average Bonchev–Trinajstić information content (AvgIpc) is 2.21. The third-order valence-electron chi connectivity index (χ3n) is 2.44. The zero-order valence-electron chi connectivity index (χ0n) is 10.8. The summed E-state index contributed by atoms with van der Waals surface area (Å²) < 4.78 is 5.28. The van der Waals surface area contributed by atoms with Crippen molar-refractivity contribution in [1.82, 2.24) is 0 Å². The van der Waals surface area contributed by atoms with Gasteiger partial charge < -0.3 is 4.42 Å². The smallest absolute Gasteiger partial charge is 0.336 e. The number of fused-ring (bicyclic) bond motifs is 1.